The smallest absolute Gasteiger partial charge is 0.254 e. The monoisotopic (exact) mass is 320 g/mol. The van der Waals surface area contributed by atoms with Gasteiger partial charge in [0.25, 0.3) is 5.91 Å². The van der Waals surface area contributed by atoms with Gasteiger partial charge < -0.3 is 14.4 Å². The van der Waals surface area contributed by atoms with Gasteiger partial charge in [-0.25, -0.2) is 0 Å². The molecule has 0 spiro atoms. The highest BCUT2D eigenvalue weighted by atomic mass is 16.5. The van der Waals surface area contributed by atoms with E-state index in [1.54, 1.807) is 14.2 Å². The highest BCUT2D eigenvalue weighted by Crippen LogP contribution is 2.20. The summed E-state index contributed by atoms with van der Waals surface area (Å²) in [6, 6.07) is 5.66. The quantitative estimate of drug-likeness (QED) is 0.804. The SMILES string of the molecule is COC[C@H](C)CN1CCN(C(=O)c2ccc(C)c(OC)c2)CC1. The third kappa shape index (κ3) is 4.69. The van der Waals surface area contributed by atoms with Crippen LogP contribution in [0.1, 0.15) is 22.8 Å². The van der Waals surface area contributed by atoms with Crippen LogP contribution in [0.15, 0.2) is 18.2 Å². The lowest BCUT2D eigenvalue weighted by Gasteiger charge is -2.36. The van der Waals surface area contributed by atoms with Gasteiger partial charge in [0.05, 0.1) is 7.11 Å². The molecular formula is C18H28N2O3. The first-order valence-corrected chi connectivity index (χ1v) is 8.20. The van der Waals surface area contributed by atoms with Gasteiger partial charge in [-0.05, 0) is 30.5 Å². The molecule has 5 nitrogen and oxygen atoms in total. The first kappa shape index (κ1) is 17.8. The number of ether oxygens (including phenoxy) is 2. The van der Waals surface area contributed by atoms with Gasteiger partial charge >= 0.3 is 0 Å². The molecule has 0 aliphatic carbocycles. The van der Waals surface area contributed by atoms with Crippen LogP contribution < -0.4 is 4.74 Å². The normalized spacial score (nSPS) is 17.1. The summed E-state index contributed by atoms with van der Waals surface area (Å²) < 4.78 is 10.5. The molecule has 1 aliphatic heterocycles. The highest BCUT2D eigenvalue weighted by molar-refractivity contribution is 5.94. The van der Waals surface area contributed by atoms with Crippen LogP contribution in [-0.2, 0) is 4.74 Å². The number of piperazine rings is 1. The first-order chi connectivity index (χ1) is 11.0. The Hall–Kier alpha value is -1.59. The molecule has 1 atom stereocenters. The van der Waals surface area contributed by atoms with Gasteiger partial charge in [-0.15, -0.1) is 0 Å². The maximum atomic E-state index is 12.6. The van der Waals surface area contributed by atoms with E-state index >= 15 is 0 Å². The number of benzene rings is 1. The Morgan fingerprint density at radius 2 is 1.91 bits per heavy atom. The fourth-order valence-corrected chi connectivity index (χ4v) is 3.05. The van der Waals surface area contributed by atoms with Gasteiger partial charge in [-0.2, -0.15) is 0 Å². The molecule has 128 valence electrons. The molecule has 0 aromatic heterocycles. The average Bonchev–Trinajstić information content (AvgIpc) is 2.55. The number of rotatable bonds is 6. The Bertz CT molecular complexity index is 525. The molecule has 1 heterocycles. The molecule has 23 heavy (non-hydrogen) atoms. The van der Waals surface area contributed by atoms with E-state index in [9.17, 15) is 4.79 Å². The molecule has 1 saturated heterocycles. The molecule has 2 rings (SSSR count). The summed E-state index contributed by atoms with van der Waals surface area (Å²) >= 11 is 0. The maximum Gasteiger partial charge on any atom is 0.254 e. The number of nitrogens with zero attached hydrogens (tertiary/aromatic N) is 2. The topological polar surface area (TPSA) is 42.0 Å². The van der Waals surface area contributed by atoms with Crippen molar-refractivity contribution >= 4 is 5.91 Å². The molecule has 1 aliphatic rings. The number of methoxy groups -OCH3 is 2. The van der Waals surface area contributed by atoms with E-state index in [4.69, 9.17) is 9.47 Å². The van der Waals surface area contributed by atoms with Gasteiger partial charge in [0.15, 0.2) is 0 Å². The van der Waals surface area contributed by atoms with Gasteiger partial charge in [-0.3, -0.25) is 9.69 Å². The van der Waals surface area contributed by atoms with Crippen LogP contribution in [0.3, 0.4) is 0 Å². The molecule has 5 heteroatoms. The minimum atomic E-state index is 0.0906. The van der Waals surface area contributed by atoms with E-state index < -0.39 is 0 Å². The predicted octanol–water partition coefficient (Wildman–Crippen LogP) is 2.04. The van der Waals surface area contributed by atoms with E-state index in [0.29, 0.717) is 11.5 Å². The van der Waals surface area contributed by atoms with Gasteiger partial charge in [0.1, 0.15) is 5.75 Å². The Morgan fingerprint density at radius 1 is 1.22 bits per heavy atom. The van der Waals surface area contributed by atoms with Gasteiger partial charge in [-0.1, -0.05) is 13.0 Å². The fourth-order valence-electron chi connectivity index (χ4n) is 3.05. The lowest BCUT2D eigenvalue weighted by molar-refractivity contribution is 0.0584. The molecule has 0 saturated carbocycles. The fraction of sp³-hybridized carbons (Fsp3) is 0.611. The van der Waals surface area contributed by atoms with E-state index in [1.807, 2.05) is 30.0 Å². The Morgan fingerprint density at radius 3 is 2.52 bits per heavy atom. The second-order valence-corrected chi connectivity index (χ2v) is 6.34. The second kappa shape index (κ2) is 8.31. The van der Waals surface area contributed by atoms with E-state index in [-0.39, 0.29) is 5.91 Å². The van der Waals surface area contributed by atoms with Crippen LogP contribution in [0.25, 0.3) is 0 Å². The standard InChI is InChI=1S/C18H28N2O3/c1-14(13-22-3)12-19-7-9-20(10-8-19)18(21)16-6-5-15(2)17(11-16)23-4/h5-6,11,14H,7-10,12-13H2,1-4H3/t14-/m1/s1. The molecule has 1 aromatic rings. The van der Waals surface area contributed by atoms with Crippen molar-refractivity contribution in [1.82, 2.24) is 9.80 Å². The Labute approximate surface area is 139 Å². The number of carbonyl (C=O) groups is 1. The molecule has 1 aromatic carbocycles. The van der Waals surface area contributed by atoms with Crippen LogP contribution >= 0.6 is 0 Å². The summed E-state index contributed by atoms with van der Waals surface area (Å²) in [5.41, 5.74) is 1.75. The Kier molecular flexibility index (Phi) is 6.42. The zero-order valence-electron chi connectivity index (χ0n) is 14.7. The molecule has 1 amide bonds. The first-order valence-electron chi connectivity index (χ1n) is 8.20. The lowest BCUT2D eigenvalue weighted by Crippen LogP contribution is -2.49. The van der Waals surface area contributed by atoms with Crippen LogP contribution in [0.5, 0.6) is 5.75 Å². The number of hydrogen-bond donors (Lipinski definition) is 0. The Balaban J connectivity index is 1.91. The largest absolute Gasteiger partial charge is 0.496 e. The highest BCUT2D eigenvalue weighted by Gasteiger charge is 2.23. The number of hydrogen-bond acceptors (Lipinski definition) is 4. The van der Waals surface area contributed by atoms with Crippen LogP contribution in [0.2, 0.25) is 0 Å². The van der Waals surface area contributed by atoms with E-state index in [0.717, 1.165) is 50.6 Å². The second-order valence-electron chi connectivity index (χ2n) is 6.34. The predicted molar refractivity (Wildman–Crippen MR) is 91.1 cm³/mol. The van der Waals surface area contributed by atoms with Crippen LogP contribution in [0, 0.1) is 12.8 Å². The van der Waals surface area contributed by atoms with Crippen molar-refractivity contribution in [2.75, 3.05) is 53.6 Å². The minimum Gasteiger partial charge on any atom is -0.496 e. The summed E-state index contributed by atoms with van der Waals surface area (Å²) in [6.07, 6.45) is 0. The van der Waals surface area contributed by atoms with Crippen LogP contribution in [-0.4, -0.2) is 69.3 Å². The summed E-state index contributed by atoms with van der Waals surface area (Å²) in [7, 11) is 3.37. The van der Waals surface area contributed by atoms with Crippen molar-refractivity contribution in [3.63, 3.8) is 0 Å². The van der Waals surface area contributed by atoms with Crippen molar-refractivity contribution in [1.29, 1.82) is 0 Å². The van der Waals surface area contributed by atoms with E-state index in [2.05, 4.69) is 11.8 Å². The summed E-state index contributed by atoms with van der Waals surface area (Å²) in [6.45, 7) is 9.36. The summed E-state index contributed by atoms with van der Waals surface area (Å²) in [4.78, 5) is 17.0. The third-order valence-electron chi connectivity index (χ3n) is 4.34. The zero-order chi connectivity index (χ0) is 16.8. The number of amides is 1. The van der Waals surface area contributed by atoms with Crippen molar-refractivity contribution < 1.29 is 14.3 Å². The van der Waals surface area contributed by atoms with Crippen molar-refractivity contribution in [3.8, 4) is 5.75 Å². The molecule has 0 radical (unpaired) electrons. The molecule has 0 unspecified atom stereocenters. The lowest BCUT2D eigenvalue weighted by atomic mass is 10.1. The van der Waals surface area contributed by atoms with Crippen molar-refractivity contribution in [3.05, 3.63) is 29.3 Å². The average molecular weight is 320 g/mol. The number of carbonyl (C=O) groups excluding carboxylic acids is 1. The third-order valence-corrected chi connectivity index (χ3v) is 4.34. The number of aryl methyl sites for hydroxylation is 1. The summed E-state index contributed by atoms with van der Waals surface area (Å²) in [5, 5.41) is 0. The van der Waals surface area contributed by atoms with Crippen molar-refractivity contribution in [2.45, 2.75) is 13.8 Å². The van der Waals surface area contributed by atoms with Crippen LogP contribution in [0.4, 0.5) is 0 Å². The molecule has 0 N–H and O–H groups in total. The van der Waals surface area contributed by atoms with Gasteiger partial charge in [0, 0.05) is 52.0 Å². The maximum absolute atomic E-state index is 12.6. The summed E-state index contributed by atoms with van der Waals surface area (Å²) in [5.74, 6) is 1.37. The molecule has 1 fully saturated rings. The van der Waals surface area contributed by atoms with E-state index in [1.165, 1.54) is 0 Å². The minimum absolute atomic E-state index is 0.0906. The zero-order valence-corrected chi connectivity index (χ0v) is 14.7. The molecular weight excluding hydrogens is 292 g/mol. The van der Waals surface area contributed by atoms with Crippen molar-refractivity contribution in [2.24, 2.45) is 5.92 Å². The molecule has 0 bridgehead atoms. The van der Waals surface area contributed by atoms with Gasteiger partial charge in [0.2, 0.25) is 0 Å².